The minimum absolute atomic E-state index is 0.0235. The van der Waals surface area contributed by atoms with Crippen LogP contribution in [-0.4, -0.2) is 64.1 Å². The van der Waals surface area contributed by atoms with E-state index in [2.05, 4.69) is 28.2 Å². The Morgan fingerprint density at radius 3 is 2.14 bits per heavy atom. The number of carbonyl (C=O) groups is 3. The van der Waals surface area contributed by atoms with Crippen molar-refractivity contribution in [3.63, 3.8) is 0 Å². The van der Waals surface area contributed by atoms with Crippen LogP contribution in [0.2, 0.25) is 0 Å². The van der Waals surface area contributed by atoms with Gasteiger partial charge in [-0.3, -0.25) is 18.7 Å². The zero-order valence-electron chi connectivity index (χ0n) is 26.0. The summed E-state index contributed by atoms with van der Waals surface area (Å²) in [5.41, 5.74) is 1.45. The van der Waals surface area contributed by atoms with Crippen LogP contribution in [0.25, 0.3) is 0 Å². The maximum absolute atomic E-state index is 13.6. The van der Waals surface area contributed by atoms with E-state index in [9.17, 15) is 22.8 Å². The maximum Gasteiger partial charge on any atom is 0.251 e. The van der Waals surface area contributed by atoms with Gasteiger partial charge in [0.1, 0.15) is 0 Å². The average molecular weight is 614 g/mol. The molecule has 0 radical (unpaired) electrons. The zero-order valence-corrected chi connectivity index (χ0v) is 26.8. The van der Waals surface area contributed by atoms with Gasteiger partial charge in [-0.05, 0) is 62.8 Å². The van der Waals surface area contributed by atoms with Crippen LogP contribution in [-0.2, 0) is 14.8 Å². The Morgan fingerprint density at radius 2 is 1.60 bits per heavy atom. The van der Waals surface area contributed by atoms with Gasteiger partial charge >= 0.3 is 0 Å². The van der Waals surface area contributed by atoms with Crippen molar-refractivity contribution in [2.24, 2.45) is 0 Å². The van der Waals surface area contributed by atoms with E-state index in [4.69, 9.17) is 0 Å². The first-order chi connectivity index (χ1) is 20.4. The number of sulfonamides is 1. The van der Waals surface area contributed by atoms with Crippen LogP contribution in [0.5, 0.6) is 0 Å². The third kappa shape index (κ3) is 10.1. The van der Waals surface area contributed by atoms with E-state index in [0.717, 1.165) is 48.2 Å². The summed E-state index contributed by atoms with van der Waals surface area (Å²) in [4.78, 5) is 39.6. The molecule has 2 aromatic rings. The number of nitrogens with zero attached hydrogens (tertiary/aromatic N) is 1. The number of rotatable bonds is 16. The van der Waals surface area contributed by atoms with E-state index < -0.39 is 21.8 Å². The first-order valence-electron chi connectivity index (χ1n) is 15.2. The molecule has 0 saturated heterocycles. The summed E-state index contributed by atoms with van der Waals surface area (Å²) in [5.74, 6) is -0.880. The second kappa shape index (κ2) is 15.9. The number of anilines is 1. The highest BCUT2D eigenvalue weighted by molar-refractivity contribution is 7.92. The van der Waals surface area contributed by atoms with E-state index in [1.807, 2.05) is 44.2 Å². The van der Waals surface area contributed by atoms with E-state index in [-0.39, 0.29) is 46.9 Å². The summed E-state index contributed by atoms with van der Waals surface area (Å²) >= 11 is 0. The SMILES string of the molecule is CCCC[C@@H](CN[C@@H](CC)C(=O)NC1CCC1)NC(=O)c1cc(C(=O)N[C@H](C)c2ccccc2)cc(N(C)S(C)(=O)=O)c1. The van der Waals surface area contributed by atoms with Gasteiger partial charge in [0.25, 0.3) is 11.8 Å². The Morgan fingerprint density at radius 1 is 0.977 bits per heavy atom. The number of nitrogens with one attached hydrogen (secondary N) is 4. The fourth-order valence-electron chi connectivity index (χ4n) is 4.86. The highest BCUT2D eigenvalue weighted by atomic mass is 32.2. The molecule has 0 heterocycles. The number of hydrogen-bond acceptors (Lipinski definition) is 6. The fourth-order valence-corrected chi connectivity index (χ4v) is 5.35. The molecule has 1 saturated carbocycles. The number of carbonyl (C=O) groups excluding carboxylic acids is 3. The molecule has 1 aliphatic rings. The molecule has 43 heavy (non-hydrogen) atoms. The minimum Gasteiger partial charge on any atom is -0.352 e. The Bertz CT molecular complexity index is 1350. The van der Waals surface area contributed by atoms with Gasteiger partial charge in [0.15, 0.2) is 0 Å². The van der Waals surface area contributed by atoms with Gasteiger partial charge in [-0.15, -0.1) is 0 Å². The Labute approximate surface area is 256 Å². The van der Waals surface area contributed by atoms with Crippen molar-refractivity contribution in [1.29, 1.82) is 0 Å². The largest absolute Gasteiger partial charge is 0.352 e. The number of hydrogen-bond donors (Lipinski definition) is 4. The molecule has 236 valence electrons. The van der Waals surface area contributed by atoms with Gasteiger partial charge in [0.2, 0.25) is 15.9 Å². The van der Waals surface area contributed by atoms with Crippen LogP contribution in [0.1, 0.15) is 98.0 Å². The molecule has 2 aromatic carbocycles. The van der Waals surface area contributed by atoms with E-state index in [1.54, 1.807) is 0 Å². The van der Waals surface area contributed by atoms with Crippen molar-refractivity contribution in [2.45, 2.75) is 89.9 Å². The predicted octanol–water partition coefficient (Wildman–Crippen LogP) is 3.90. The van der Waals surface area contributed by atoms with Gasteiger partial charge in [-0.2, -0.15) is 0 Å². The molecule has 3 amide bonds. The fraction of sp³-hybridized carbons (Fsp3) is 0.531. The van der Waals surface area contributed by atoms with Crippen molar-refractivity contribution in [3.8, 4) is 0 Å². The van der Waals surface area contributed by atoms with E-state index in [0.29, 0.717) is 19.4 Å². The Balaban J connectivity index is 1.80. The normalized spacial score (nSPS) is 15.5. The van der Waals surface area contributed by atoms with Crippen molar-refractivity contribution < 1.29 is 22.8 Å². The lowest BCUT2D eigenvalue weighted by Gasteiger charge is -2.29. The maximum atomic E-state index is 13.6. The summed E-state index contributed by atoms with van der Waals surface area (Å²) in [6.07, 6.45) is 7.34. The number of benzene rings is 2. The quantitative estimate of drug-likeness (QED) is 0.227. The molecular formula is C32H47N5O5S. The number of amides is 3. The topological polar surface area (TPSA) is 137 Å². The highest BCUT2D eigenvalue weighted by Gasteiger charge is 2.25. The van der Waals surface area contributed by atoms with Crippen molar-refractivity contribution >= 4 is 33.4 Å². The molecule has 0 aliphatic heterocycles. The summed E-state index contributed by atoms with van der Waals surface area (Å²) < 4.78 is 25.8. The minimum atomic E-state index is -3.66. The monoisotopic (exact) mass is 613 g/mol. The Kier molecular flexibility index (Phi) is 12.6. The predicted molar refractivity (Wildman–Crippen MR) is 171 cm³/mol. The standard InChI is InChI=1S/C32H47N5O5S/c1-6-8-15-27(21-33-29(7-2)32(40)35-26-16-12-17-26)36-31(39)25-18-24(19-28(20-25)37(4)43(5,41)42)30(38)34-22(3)23-13-10-9-11-14-23/h9-11,13-14,18-20,22,26-27,29,33H,6-8,12,15-17,21H2,1-5H3,(H,34,38)(H,35,40)(H,36,39)/t22-,27+,29+/m1/s1. The van der Waals surface area contributed by atoms with Gasteiger partial charge in [-0.25, -0.2) is 8.42 Å². The van der Waals surface area contributed by atoms with Gasteiger partial charge in [0.05, 0.1) is 24.0 Å². The molecule has 3 rings (SSSR count). The highest BCUT2D eigenvalue weighted by Crippen LogP contribution is 2.22. The first kappa shape index (κ1) is 34.1. The second-order valence-corrected chi connectivity index (χ2v) is 13.4. The van der Waals surface area contributed by atoms with Crippen molar-refractivity contribution in [3.05, 3.63) is 65.2 Å². The molecule has 3 atom stereocenters. The van der Waals surface area contributed by atoms with Crippen LogP contribution in [0.15, 0.2) is 48.5 Å². The third-order valence-corrected chi connectivity index (χ3v) is 9.18. The molecular weight excluding hydrogens is 566 g/mol. The van der Waals surface area contributed by atoms with E-state index in [1.165, 1.54) is 25.2 Å². The average Bonchev–Trinajstić information content (AvgIpc) is 2.97. The lowest BCUT2D eigenvalue weighted by Crippen LogP contribution is -2.52. The summed E-state index contributed by atoms with van der Waals surface area (Å²) in [5, 5.41) is 12.4. The second-order valence-electron chi connectivity index (χ2n) is 11.4. The van der Waals surface area contributed by atoms with Crippen LogP contribution < -0.4 is 25.6 Å². The van der Waals surface area contributed by atoms with Crippen molar-refractivity contribution in [1.82, 2.24) is 21.3 Å². The Hall–Kier alpha value is -3.44. The van der Waals surface area contributed by atoms with Crippen LogP contribution in [0.4, 0.5) is 5.69 Å². The van der Waals surface area contributed by atoms with Gasteiger partial charge < -0.3 is 21.3 Å². The molecule has 11 heteroatoms. The van der Waals surface area contributed by atoms with E-state index >= 15 is 0 Å². The first-order valence-corrected chi connectivity index (χ1v) is 17.1. The van der Waals surface area contributed by atoms with Crippen LogP contribution in [0.3, 0.4) is 0 Å². The molecule has 1 aliphatic carbocycles. The van der Waals surface area contributed by atoms with Gasteiger partial charge in [-0.1, -0.05) is 57.0 Å². The molecule has 0 spiro atoms. The molecule has 1 fully saturated rings. The lowest BCUT2D eigenvalue weighted by atomic mass is 9.93. The zero-order chi connectivity index (χ0) is 31.6. The molecule has 4 N–H and O–H groups in total. The van der Waals surface area contributed by atoms with Crippen LogP contribution >= 0.6 is 0 Å². The van der Waals surface area contributed by atoms with Crippen molar-refractivity contribution in [2.75, 3.05) is 24.2 Å². The third-order valence-electron chi connectivity index (χ3n) is 7.98. The summed E-state index contributed by atoms with van der Waals surface area (Å²) in [6, 6.07) is 13.2. The summed E-state index contributed by atoms with van der Waals surface area (Å²) in [6.45, 7) is 6.27. The molecule has 0 unspecified atom stereocenters. The molecule has 0 bridgehead atoms. The molecule has 10 nitrogen and oxygen atoms in total. The smallest absolute Gasteiger partial charge is 0.251 e. The molecule has 0 aromatic heterocycles. The van der Waals surface area contributed by atoms with Gasteiger partial charge in [0, 0.05) is 36.8 Å². The number of unbranched alkanes of at least 4 members (excludes halogenated alkanes) is 1. The summed E-state index contributed by atoms with van der Waals surface area (Å²) in [7, 11) is -2.27. The van der Waals surface area contributed by atoms with Crippen LogP contribution in [0, 0.1) is 0 Å². The lowest BCUT2D eigenvalue weighted by molar-refractivity contribution is -0.124.